The second-order valence-corrected chi connectivity index (χ2v) is 8.48. The number of benzene rings is 1. The van der Waals surface area contributed by atoms with E-state index >= 15 is 0 Å². The maximum absolute atomic E-state index is 12.9. The maximum atomic E-state index is 12.9. The summed E-state index contributed by atoms with van der Waals surface area (Å²) in [6, 6.07) is 15.2. The molecule has 0 bridgehead atoms. The molecular formula is C25H24N4O4. The number of rotatable bonds is 7. The average Bonchev–Trinajstić information content (AvgIpc) is 3.46. The van der Waals surface area contributed by atoms with Gasteiger partial charge >= 0.3 is 5.97 Å². The van der Waals surface area contributed by atoms with E-state index in [1.165, 1.54) is 0 Å². The summed E-state index contributed by atoms with van der Waals surface area (Å²) in [4.78, 5) is 36.5. The van der Waals surface area contributed by atoms with E-state index in [9.17, 15) is 14.7 Å². The molecule has 8 heteroatoms. The molecule has 1 aliphatic rings. The molecule has 1 fully saturated rings. The number of hydrogen-bond acceptors (Lipinski definition) is 5. The van der Waals surface area contributed by atoms with Crippen molar-refractivity contribution in [2.75, 3.05) is 0 Å². The van der Waals surface area contributed by atoms with Gasteiger partial charge in [-0.25, -0.2) is 14.8 Å². The van der Waals surface area contributed by atoms with Crippen molar-refractivity contribution in [2.45, 2.75) is 44.2 Å². The van der Waals surface area contributed by atoms with Crippen LogP contribution in [-0.4, -0.2) is 30.6 Å². The van der Waals surface area contributed by atoms with E-state index < -0.39 is 11.5 Å². The summed E-state index contributed by atoms with van der Waals surface area (Å²) in [5, 5.41) is 10.8. The predicted molar refractivity (Wildman–Crippen MR) is 122 cm³/mol. The van der Waals surface area contributed by atoms with Crippen LogP contribution in [0.15, 0.2) is 65.7 Å². The second kappa shape index (κ2) is 8.54. The molecule has 0 unspecified atom stereocenters. The van der Waals surface area contributed by atoms with Gasteiger partial charge in [-0.15, -0.1) is 0 Å². The quantitative estimate of drug-likeness (QED) is 0.447. The van der Waals surface area contributed by atoms with E-state index in [1.54, 1.807) is 6.20 Å². The molecule has 8 nitrogen and oxygen atoms in total. The van der Waals surface area contributed by atoms with Crippen LogP contribution in [0.25, 0.3) is 11.0 Å². The summed E-state index contributed by atoms with van der Waals surface area (Å²) in [5.74, 6) is -1.23. The number of nitrogens with zero attached hydrogens (tertiary/aromatic N) is 3. The Hall–Kier alpha value is -3.94. The number of pyridine rings is 1. The molecule has 0 atom stereocenters. The van der Waals surface area contributed by atoms with Crippen molar-refractivity contribution in [3.63, 3.8) is 0 Å². The van der Waals surface area contributed by atoms with Gasteiger partial charge in [-0.1, -0.05) is 43.2 Å². The minimum atomic E-state index is -1.29. The monoisotopic (exact) mass is 444 g/mol. The van der Waals surface area contributed by atoms with E-state index in [0.717, 1.165) is 42.3 Å². The van der Waals surface area contributed by atoms with Gasteiger partial charge in [-0.3, -0.25) is 4.79 Å². The largest absolute Gasteiger partial charge is 0.481 e. The van der Waals surface area contributed by atoms with E-state index in [2.05, 4.69) is 19.5 Å². The number of aromatic carboxylic acids is 1. The molecule has 3 heterocycles. The molecule has 0 aliphatic heterocycles. The van der Waals surface area contributed by atoms with Crippen molar-refractivity contribution in [1.82, 2.24) is 19.5 Å². The van der Waals surface area contributed by atoms with Crippen molar-refractivity contribution in [2.24, 2.45) is 0 Å². The Labute approximate surface area is 189 Å². The standard InChI is InChI=1S/C25H24N4O4/c30-23-21(33-16-17-7-2-1-3-8-17)20(24(31)32)27-19(28-23)15-25(11-4-5-12-25)29-14-10-18-9-6-13-26-22(18)29/h1-3,6-10,13-14H,4-5,11-12,15-16H2,(H,31,32)(H,27,28,30). The molecule has 0 amide bonds. The number of nitrogens with one attached hydrogen (secondary N) is 1. The molecule has 0 spiro atoms. The van der Waals surface area contributed by atoms with Crippen molar-refractivity contribution >= 4 is 17.0 Å². The highest BCUT2D eigenvalue weighted by Crippen LogP contribution is 2.41. The fourth-order valence-electron chi connectivity index (χ4n) is 4.80. The first-order chi connectivity index (χ1) is 16.1. The van der Waals surface area contributed by atoms with Crippen LogP contribution < -0.4 is 10.3 Å². The van der Waals surface area contributed by atoms with Gasteiger partial charge < -0.3 is 19.4 Å². The van der Waals surface area contributed by atoms with Gasteiger partial charge in [0.05, 0.1) is 5.54 Å². The SMILES string of the molecule is O=C(O)c1nc(CC2(n3ccc4cccnc43)CCCC2)[nH]c(=O)c1OCc1ccccc1. The second-order valence-electron chi connectivity index (χ2n) is 8.48. The minimum Gasteiger partial charge on any atom is -0.481 e. The number of aromatic nitrogens is 4. The highest BCUT2D eigenvalue weighted by atomic mass is 16.5. The zero-order chi connectivity index (χ0) is 22.8. The Morgan fingerprint density at radius 3 is 2.67 bits per heavy atom. The molecule has 1 saturated carbocycles. The lowest BCUT2D eigenvalue weighted by molar-refractivity contribution is 0.0683. The smallest absolute Gasteiger partial charge is 0.358 e. The molecule has 1 aliphatic carbocycles. The Morgan fingerprint density at radius 1 is 1.12 bits per heavy atom. The predicted octanol–water partition coefficient (Wildman–Crippen LogP) is 3.91. The zero-order valence-corrected chi connectivity index (χ0v) is 18.0. The fraction of sp³-hybridized carbons (Fsp3) is 0.280. The zero-order valence-electron chi connectivity index (χ0n) is 18.0. The van der Waals surface area contributed by atoms with Crippen LogP contribution in [0.2, 0.25) is 0 Å². The summed E-state index contributed by atoms with van der Waals surface area (Å²) in [5.41, 5.74) is 0.427. The summed E-state index contributed by atoms with van der Waals surface area (Å²) >= 11 is 0. The van der Waals surface area contributed by atoms with Gasteiger partial charge in [-0.2, -0.15) is 0 Å². The van der Waals surface area contributed by atoms with Crippen LogP contribution in [0.5, 0.6) is 5.75 Å². The first kappa shape index (κ1) is 20.9. The number of fused-ring (bicyclic) bond motifs is 1. The van der Waals surface area contributed by atoms with Crippen LogP contribution in [0.3, 0.4) is 0 Å². The molecule has 168 valence electrons. The van der Waals surface area contributed by atoms with Crippen molar-refractivity contribution in [1.29, 1.82) is 0 Å². The van der Waals surface area contributed by atoms with Crippen LogP contribution in [0, 0.1) is 0 Å². The Balaban J connectivity index is 1.49. The number of carbonyl (C=O) groups is 1. The molecule has 4 aromatic rings. The maximum Gasteiger partial charge on any atom is 0.358 e. The third-order valence-electron chi connectivity index (χ3n) is 6.34. The highest BCUT2D eigenvalue weighted by Gasteiger charge is 2.38. The minimum absolute atomic E-state index is 0.0796. The Kier molecular flexibility index (Phi) is 5.42. The van der Waals surface area contributed by atoms with Crippen molar-refractivity contribution < 1.29 is 14.6 Å². The van der Waals surface area contributed by atoms with E-state index in [-0.39, 0.29) is 23.6 Å². The van der Waals surface area contributed by atoms with E-state index in [1.807, 2.05) is 54.7 Å². The van der Waals surface area contributed by atoms with E-state index in [4.69, 9.17) is 4.74 Å². The topological polar surface area (TPSA) is 110 Å². The average molecular weight is 444 g/mol. The summed E-state index contributed by atoms with van der Waals surface area (Å²) in [6.07, 6.45) is 8.07. The van der Waals surface area contributed by atoms with Crippen LogP contribution in [0.4, 0.5) is 0 Å². The third kappa shape index (κ3) is 4.00. The molecule has 0 radical (unpaired) electrons. The number of hydrogen-bond donors (Lipinski definition) is 2. The number of ether oxygens (including phenoxy) is 1. The van der Waals surface area contributed by atoms with Gasteiger partial charge in [0.15, 0.2) is 5.69 Å². The molecular weight excluding hydrogens is 420 g/mol. The lowest BCUT2D eigenvalue weighted by atomic mass is 9.92. The Morgan fingerprint density at radius 2 is 1.91 bits per heavy atom. The third-order valence-corrected chi connectivity index (χ3v) is 6.34. The van der Waals surface area contributed by atoms with Gasteiger partial charge in [0.2, 0.25) is 5.75 Å². The normalized spacial score (nSPS) is 15.0. The van der Waals surface area contributed by atoms with E-state index in [0.29, 0.717) is 12.2 Å². The lowest BCUT2D eigenvalue weighted by Crippen LogP contribution is -2.34. The van der Waals surface area contributed by atoms with Gasteiger partial charge in [0.25, 0.3) is 5.56 Å². The number of aromatic amines is 1. The van der Waals surface area contributed by atoms with Crippen LogP contribution >= 0.6 is 0 Å². The molecule has 33 heavy (non-hydrogen) atoms. The van der Waals surface area contributed by atoms with Crippen molar-refractivity contribution in [3.8, 4) is 5.75 Å². The summed E-state index contributed by atoms with van der Waals surface area (Å²) in [7, 11) is 0. The Bertz CT molecular complexity index is 1350. The van der Waals surface area contributed by atoms with Crippen LogP contribution in [0.1, 0.15) is 47.6 Å². The van der Waals surface area contributed by atoms with Crippen LogP contribution in [-0.2, 0) is 18.6 Å². The number of H-pyrrole nitrogens is 1. The highest BCUT2D eigenvalue weighted by molar-refractivity contribution is 5.88. The molecule has 0 saturated heterocycles. The fourth-order valence-corrected chi connectivity index (χ4v) is 4.80. The first-order valence-electron chi connectivity index (χ1n) is 11.0. The molecule has 2 N–H and O–H groups in total. The number of carboxylic acid groups (broad SMARTS) is 1. The summed E-state index contributed by atoms with van der Waals surface area (Å²) in [6.45, 7) is 0.0796. The molecule has 1 aromatic carbocycles. The van der Waals surface area contributed by atoms with Gasteiger partial charge in [0, 0.05) is 24.2 Å². The lowest BCUT2D eigenvalue weighted by Gasteiger charge is -2.31. The van der Waals surface area contributed by atoms with Gasteiger partial charge in [0.1, 0.15) is 18.1 Å². The summed E-state index contributed by atoms with van der Waals surface area (Å²) < 4.78 is 7.76. The van der Waals surface area contributed by atoms with Crippen molar-refractivity contribution in [3.05, 3.63) is 88.4 Å². The molecule has 3 aromatic heterocycles. The number of carboxylic acids is 1. The first-order valence-corrected chi connectivity index (χ1v) is 11.0. The van der Waals surface area contributed by atoms with Gasteiger partial charge in [-0.05, 0) is 36.6 Å². The molecule has 5 rings (SSSR count).